The van der Waals surface area contributed by atoms with E-state index < -0.39 is 0 Å². The Kier molecular flexibility index (Phi) is 2.86. The number of imidazole rings is 1. The monoisotopic (exact) mass is 243 g/mol. The SMILES string of the molecule is Cc1ccn2c3c(nc2c1)CCN(CC(C)C)C3. The summed E-state index contributed by atoms with van der Waals surface area (Å²) in [7, 11) is 0. The lowest BCUT2D eigenvalue weighted by molar-refractivity contribution is 0.222. The van der Waals surface area contributed by atoms with E-state index in [1.54, 1.807) is 0 Å². The molecule has 0 saturated heterocycles. The molecule has 0 bridgehead atoms. The van der Waals surface area contributed by atoms with Crippen LogP contribution in [0.5, 0.6) is 0 Å². The number of rotatable bonds is 2. The minimum absolute atomic E-state index is 0.730. The molecule has 0 aromatic carbocycles. The summed E-state index contributed by atoms with van der Waals surface area (Å²) in [5, 5.41) is 0. The Hall–Kier alpha value is -1.35. The zero-order chi connectivity index (χ0) is 12.7. The first-order chi connectivity index (χ1) is 8.63. The molecular weight excluding hydrogens is 222 g/mol. The van der Waals surface area contributed by atoms with Crippen molar-refractivity contribution >= 4 is 5.65 Å². The van der Waals surface area contributed by atoms with Gasteiger partial charge >= 0.3 is 0 Å². The predicted octanol–water partition coefficient (Wildman–Crippen LogP) is 2.66. The van der Waals surface area contributed by atoms with Crippen molar-refractivity contribution in [2.24, 2.45) is 5.92 Å². The molecule has 0 saturated carbocycles. The highest BCUT2D eigenvalue weighted by Gasteiger charge is 2.21. The Morgan fingerprint density at radius 1 is 1.39 bits per heavy atom. The molecule has 3 heteroatoms. The van der Waals surface area contributed by atoms with Gasteiger partial charge in [-0.05, 0) is 30.5 Å². The number of nitrogens with zero attached hydrogens (tertiary/aromatic N) is 3. The summed E-state index contributed by atoms with van der Waals surface area (Å²) in [4.78, 5) is 7.31. The highest BCUT2D eigenvalue weighted by atomic mass is 15.2. The van der Waals surface area contributed by atoms with Crippen LogP contribution in [0.3, 0.4) is 0 Å². The summed E-state index contributed by atoms with van der Waals surface area (Å²) < 4.78 is 2.26. The molecule has 0 radical (unpaired) electrons. The van der Waals surface area contributed by atoms with Crippen LogP contribution in [0, 0.1) is 12.8 Å². The number of hydrogen-bond donors (Lipinski definition) is 0. The molecular formula is C15H21N3. The van der Waals surface area contributed by atoms with Gasteiger partial charge in [0.05, 0.1) is 11.4 Å². The predicted molar refractivity (Wildman–Crippen MR) is 73.7 cm³/mol. The lowest BCUT2D eigenvalue weighted by atomic mass is 10.1. The van der Waals surface area contributed by atoms with Crippen LogP contribution in [0.25, 0.3) is 5.65 Å². The number of hydrogen-bond acceptors (Lipinski definition) is 2. The molecule has 0 aliphatic carbocycles. The molecule has 3 heterocycles. The van der Waals surface area contributed by atoms with Gasteiger partial charge in [0.25, 0.3) is 0 Å². The molecule has 0 fully saturated rings. The fraction of sp³-hybridized carbons (Fsp3) is 0.533. The van der Waals surface area contributed by atoms with Gasteiger partial charge in [-0.2, -0.15) is 0 Å². The zero-order valence-corrected chi connectivity index (χ0v) is 11.5. The summed E-state index contributed by atoms with van der Waals surface area (Å²) in [6.07, 6.45) is 3.25. The van der Waals surface area contributed by atoms with E-state index in [1.165, 1.54) is 23.5 Å². The molecule has 2 aromatic heterocycles. The van der Waals surface area contributed by atoms with E-state index in [0.717, 1.165) is 31.1 Å². The first-order valence-electron chi connectivity index (χ1n) is 6.82. The van der Waals surface area contributed by atoms with E-state index in [1.807, 2.05) is 0 Å². The molecule has 0 spiro atoms. The third-order valence-corrected chi connectivity index (χ3v) is 3.63. The lowest BCUT2D eigenvalue weighted by Gasteiger charge is -2.27. The largest absolute Gasteiger partial charge is 0.302 e. The van der Waals surface area contributed by atoms with E-state index in [9.17, 15) is 0 Å². The topological polar surface area (TPSA) is 20.5 Å². The zero-order valence-electron chi connectivity index (χ0n) is 11.5. The Morgan fingerprint density at radius 3 is 3.00 bits per heavy atom. The van der Waals surface area contributed by atoms with Crippen molar-refractivity contribution in [3.05, 3.63) is 35.3 Å². The maximum atomic E-state index is 4.76. The molecule has 96 valence electrons. The Balaban J connectivity index is 1.96. The van der Waals surface area contributed by atoms with Gasteiger partial charge in [-0.15, -0.1) is 0 Å². The van der Waals surface area contributed by atoms with Crippen LogP contribution < -0.4 is 0 Å². The van der Waals surface area contributed by atoms with Crippen molar-refractivity contribution in [2.75, 3.05) is 13.1 Å². The first-order valence-corrected chi connectivity index (χ1v) is 6.82. The standard InChI is InChI=1S/C15H21N3/c1-11(2)9-17-6-5-13-14(10-17)18-7-4-12(3)8-15(18)16-13/h4,7-8,11H,5-6,9-10H2,1-3H3. The van der Waals surface area contributed by atoms with Crippen LogP contribution in [-0.2, 0) is 13.0 Å². The Morgan fingerprint density at radius 2 is 2.22 bits per heavy atom. The molecule has 2 aromatic rings. The van der Waals surface area contributed by atoms with Crippen molar-refractivity contribution in [3.8, 4) is 0 Å². The van der Waals surface area contributed by atoms with Crippen LogP contribution in [0.2, 0.25) is 0 Å². The fourth-order valence-electron chi connectivity index (χ4n) is 2.84. The molecule has 0 amide bonds. The average molecular weight is 243 g/mol. The van der Waals surface area contributed by atoms with E-state index in [2.05, 4.69) is 48.4 Å². The molecule has 1 aliphatic rings. The van der Waals surface area contributed by atoms with Crippen molar-refractivity contribution in [1.82, 2.24) is 14.3 Å². The Bertz CT molecular complexity index is 568. The highest BCUT2D eigenvalue weighted by molar-refractivity contribution is 5.46. The molecule has 1 aliphatic heterocycles. The van der Waals surface area contributed by atoms with Crippen LogP contribution in [0.4, 0.5) is 0 Å². The number of fused-ring (bicyclic) bond motifs is 3. The van der Waals surface area contributed by atoms with Gasteiger partial charge in [0.1, 0.15) is 5.65 Å². The van der Waals surface area contributed by atoms with Gasteiger partial charge in [-0.1, -0.05) is 13.8 Å². The molecule has 0 N–H and O–H groups in total. The van der Waals surface area contributed by atoms with Crippen LogP contribution in [-0.4, -0.2) is 27.4 Å². The summed E-state index contributed by atoms with van der Waals surface area (Å²) in [5.41, 5.74) is 5.06. The second kappa shape index (κ2) is 4.39. The third kappa shape index (κ3) is 2.03. The quantitative estimate of drug-likeness (QED) is 0.808. The van der Waals surface area contributed by atoms with E-state index in [0.29, 0.717) is 0 Å². The van der Waals surface area contributed by atoms with E-state index in [-0.39, 0.29) is 0 Å². The second-order valence-corrected chi connectivity index (χ2v) is 5.82. The highest BCUT2D eigenvalue weighted by Crippen LogP contribution is 2.21. The minimum Gasteiger partial charge on any atom is -0.302 e. The van der Waals surface area contributed by atoms with E-state index >= 15 is 0 Å². The normalized spacial score (nSPS) is 16.4. The van der Waals surface area contributed by atoms with Crippen LogP contribution >= 0.6 is 0 Å². The Labute approximate surface area is 108 Å². The maximum absolute atomic E-state index is 4.76. The van der Waals surface area contributed by atoms with Gasteiger partial charge in [0.2, 0.25) is 0 Å². The molecule has 3 rings (SSSR count). The van der Waals surface area contributed by atoms with Gasteiger partial charge in [-0.25, -0.2) is 4.98 Å². The summed E-state index contributed by atoms with van der Waals surface area (Å²) in [6.45, 7) is 10.1. The van der Waals surface area contributed by atoms with Gasteiger partial charge in [0.15, 0.2) is 0 Å². The molecule has 0 atom stereocenters. The van der Waals surface area contributed by atoms with Gasteiger partial charge < -0.3 is 4.40 Å². The average Bonchev–Trinajstić information content (AvgIpc) is 2.65. The number of pyridine rings is 1. The number of aromatic nitrogens is 2. The third-order valence-electron chi connectivity index (χ3n) is 3.63. The van der Waals surface area contributed by atoms with E-state index in [4.69, 9.17) is 4.98 Å². The summed E-state index contributed by atoms with van der Waals surface area (Å²) in [5.74, 6) is 0.730. The van der Waals surface area contributed by atoms with Crippen LogP contribution in [0.15, 0.2) is 18.3 Å². The van der Waals surface area contributed by atoms with Crippen molar-refractivity contribution in [2.45, 2.75) is 33.7 Å². The molecule has 18 heavy (non-hydrogen) atoms. The molecule has 3 nitrogen and oxygen atoms in total. The first kappa shape index (κ1) is 11.7. The summed E-state index contributed by atoms with van der Waals surface area (Å²) in [6, 6.07) is 4.33. The smallest absolute Gasteiger partial charge is 0.137 e. The second-order valence-electron chi connectivity index (χ2n) is 5.82. The summed E-state index contributed by atoms with van der Waals surface area (Å²) >= 11 is 0. The minimum atomic E-state index is 0.730. The van der Waals surface area contributed by atoms with Gasteiger partial charge in [-0.3, -0.25) is 4.90 Å². The van der Waals surface area contributed by atoms with Crippen molar-refractivity contribution in [3.63, 3.8) is 0 Å². The van der Waals surface area contributed by atoms with Crippen molar-refractivity contribution in [1.29, 1.82) is 0 Å². The lowest BCUT2D eigenvalue weighted by Crippen LogP contribution is -2.33. The van der Waals surface area contributed by atoms with Gasteiger partial charge in [0, 0.05) is 32.3 Å². The van der Waals surface area contributed by atoms with Crippen LogP contribution in [0.1, 0.15) is 30.8 Å². The number of aryl methyl sites for hydroxylation is 1. The maximum Gasteiger partial charge on any atom is 0.137 e. The molecule has 0 unspecified atom stereocenters. The fourth-order valence-corrected chi connectivity index (χ4v) is 2.84. The van der Waals surface area contributed by atoms with Crippen molar-refractivity contribution < 1.29 is 0 Å².